The van der Waals surface area contributed by atoms with Crippen LogP contribution in [0.4, 0.5) is 0 Å². The van der Waals surface area contributed by atoms with Crippen molar-refractivity contribution in [3.63, 3.8) is 0 Å². The summed E-state index contributed by atoms with van der Waals surface area (Å²) < 4.78 is 17.3. The molecule has 1 heterocycles. The summed E-state index contributed by atoms with van der Waals surface area (Å²) >= 11 is 0. The Morgan fingerprint density at radius 3 is 2.43 bits per heavy atom. The zero-order valence-electron chi connectivity index (χ0n) is 19.4. The quantitative estimate of drug-likeness (QED) is 0.663. The van der Waals surface area contributed by atoms with E-state index in [0.717, 1.165) is 29.4 Å². The molecule has 1 aliphatic heterocycles. The van der Waals surface area contributed by atoms with Gasteiger partial charge in [-0.15, -0.1) is 0 Å². The Morgan fingerprint density at radius 2 is 1.80 bits per heavy atom. The van der Waals surface area contributed by atoms with Gasteiger partial charge >= 0.3 is 0 Å². The van der Waals surface area contributed by atoms with Gasteiger partial charge in [-0.2, -0.15) is 0 Å². The van der Waals surface area contributed by atoms with E-state index in [0.29, 0.717) is 12.5 Å². The Kier molecular flexibility index (Phi) is 7.59. The first-order valence-corrected chi connectivity index (χ1v) is 11.3. The fourth-order valence-electron chi connectivity index (χ4n) is 4.42. The highest BCUT2D eigenvalue weighted by molar-refractivity contribution is 5.91. The van der Waals surface area contributed by atoms with Crippen molar-refractivity contribution < 1.29 is 14.2 Å². The summed E-state index contributed by atoms with van der Waals surface area (Å²) in [6, 6.07) is -0.0933. The highest BCUT2D eigenvalue weighted by atomic mass is 16.5. The molecule has 166 valence electrons. The molecule has 3 aliphatic carbocycles. The molecule has 1 fully saturated rings. The van der Waals surface area contributed by atoms with Crippen molar-refractivity contribution >= 4 is 5.71 Å². The van der Waals surface area contributed by atoms with Gasteiger partial charge in [0.2, 0.25) is 0 Å². The van der Waals surface area contributed by atoms with Crippen LogP contribution in [0.3, 0.4) is 0 Å². The third-order valence-corrected chi connectivity index (χ3v) is 6.27. The summed E-state index contributed by atoms with van der Waals surface area (Å²) in [5.74, 6) is 3.17. The number of hydrogen-bond acceptors (Lipinski definition) is 5. The Balaban J connectivity index is 0.00000124. The average molecular weight is 415 g/mol. The molecule has 2 N–H and O–H groups in total. The summed E-state index contributed by atoms with van der Waals surface area (Å²) in [6.45, 7) is 8.84. The number of fused-ring (bicyclic) bond motifs is 1. The Bertz CT molecular complexity index is 773. The maximum absolute atomic E-state index is 6.30. The molecule has 30 heavy (non-hydrogen) atoms. The molecule has 0 spiro atoms. The average Bonchev–Trinajstić information content (AvgIpc) is 3.53. The first kappa shape index (κ1) is 22.8. The van der Waals surface area contributed by atoms with E-state index in [1.54, 1.807) is 14.2 Å². The van der Waals surface area contributed by atoms with E-state index in [4.69, 9.17) is 24.9 Å². The maximum Gasteiger partial charge on any atom is 0.121 e. The standard InChI is InChI=1S/C23H32N2O3.C2H6/c1-13-7-19(26-3)22(24)20(8-13)28-12-14(2)16-9-17-10-18(15-5-6-15)25-23(17)21(11-16)27-4;1-2/h7-9,11,14-15,17,20,22-23H,5-6,10,12,24H2,1-4H3;1-2H3. The van der Waals surface area contributed by atoms with Gasteiger partial charge in [-0.1, -0.05) is 32.9 Å². The van der Waals surface area contributed by atoms with Crippen LogP contribution < -0.4 is 5.73 Å². The molecule has 5 nitrogen and oxygen atoms in total. The molecular formula is C25H38N2O3. The first-order chi connectivity index (χ1) is 14.5. The van der Waals surface area contributed by atoms with Crippen molar-refractivity contribution in [2.75, 3.05) is 20.8 Å². The summed E-state index contributed by atoms with van der Waals surface area (Å²) in [4.78, 5) is 4.98. The second kappa shape index (κ2) is 9.97. The number of rotatable bonds is 7. The fourth-order valence-corrected chi connectivity index (χ4v) is 4.42. The normalized spacial score (nSPS) is 31.1. The van der Waals surface area contributed by atoms with Crippen LogP contribution in [0, 0.1) is 17.8 Å². The lowest BCUT2D eigenvalue weighted by molar-refractivity contribution is 0.0464. The van der Waals surface area contributed by atoms with Crippen LogP contribution in [0.5, 0.6) is 0 Å². The van der Waals surface area contributed by atoms with Crippen molar-refractivity contribution in [2.45, 2.75) is 65.1 Å². The second-order valence-corrected chi connectivity index (χ2v) is 8.51. The number of allylic oxidation sites excluding steroid dienone is 3. The van der Waals surface area contributed by atoms with Crippen LogP contribution in [0.2, 0.25) is 0 Å². The van der Waals surface area contributed by atoms with Gasteiger partial charge in [0.05, 0.1) is 33.0 Å². The largest absolute Gasteiger partial charge is 0.499 e. The highest BCUT2D eigenvalue weighted by Crippen LogP contribution is 2.42. The van der Waals surface area contributed by atoms with E-state index in [-0.39, 0.29) is 24.1 Å². The van der Waals surface area contributed by atoms with Crippen LogP contribution in [-0.2, 0) is 14.2 Å². The van der Waals surface area contributed by atoms with Crippen molar-refractivity contribution in [2.24, 2.45) is 28.5 Å². The highest BCUT2D eigenvalue weighted by Gasteiger charge is 2.40. The monoisotopic (exact) mass is 414 g/mol. The van der Waals surface area contributed by atoms with Gasteiger partial charge in [0.15, 0.2) is 0 Å². The summed E-state index contributed by atoms with van der Waals surface area (Å²) in [6.07, 6.45) is 12.1. The molecule has 0 radical (unpaired) electrons. The van der Waals surface area contributed by atoms with E-state index < -0.39 is 0 Å². The summed E-state index contributed by atoms with van der Waals surface area (Å²) in [7, 11) is 3.41. The third kappa shape index (κ3) is 4.89. The Hall–Kier alpha value is -1.85. The first-order valence-electron chi connectivity index (χ1n) is 11.3. The van der Waals surface area contributed by atoms with Gasteiger partial charge in [-0.05, 0) is 55.4 Å². The van der Waals surface area contributed by atoms with Crippen LogP contribution in [0.1, 0.15) is 47.0 Å². The summed E-state index contributed by atoms with van der Waals surface area (Å²) in [5.41, 5.74) is 10.1. The van der Waals surface area contributed by atoms with Crippen molar-refractivity contribution in [1.29, 1.82) is 0 Å². The number of methoxy groups -OCH3 is 2. The Labute approximate surface area is 181 Å². The Morgan fingerprint density at radius 1 is 1.10 bits per heavy atom. The van der Waals surface area contributed by atoms with Crippen LogP contribution in [0.25, 0.3) is 0 Å². The van der Waals surface area contributed by atoms with Crippen molar-refractivity contribution in [3.8, 4) is 0 Å². The molecule has 0 bridgehead atoms. The van der Waals surface area contributed by atoms with Crippen molar-refractivity contribution in [1.82, 2.24) is 0 Å². The minimum absolute atomic E-state index is 0.165. The predicted octanol–water partition coefficient (Wildman–Crippen LogP) is 4.56. The minimum Gasteiger partial charge on any atom is -0.499 e. The van der Waals surface area contributed by atoms with E-state index in [2.05, 4.69) is 25.2 Å². The number of aliphatic imine (C=N–C) groups is 1. The van der Waals surface area contributed by atoms with Gasteiger partial charge in [-0.3, -0.25) is 4.99 Å². The van der Waals surface area contributed by atoms with E-state index in [1.807, 2.05) is 26.8 Å². The molecule has 0 aromatic carbocycles. The fraction of sp³-hybridized carbons (Fsp3) is 0.640. The molecule has 4 aliphatic rings. The molecule has 4 rings (SSSR count). The molecule has 0 saturated heterocycles. The number of ether oxygens (including phenoxy) is 3. The van der Waals surface area contributed by atoms with Crippen LogP contribution >= 0.6 is 0 Å². The molecule has 5 unspecified atom stereocenters. The molecule has 1 saturated carbocycles. The number of nitrogens with zero attached hydrogens (tertiary/aromatic N) is 1. The molecule has 5 heteroatoms. The van der Waals surface area contributed by atoms with Gasteiger partial charge < -0.3 is 19.9 Å². The van der Waals surface area contributed by atoms with Gasteiger partial charge in [0, 0.05) is 17.5 Å². The third-order valence-electron chi connectivity index (χ3n) is 6.27. The van der Waals surface area contributed by atoms with E-state index >= 15 is 0 Å². The van der Waals surface area contributed by atoms with Gasteiger partial charge in [0.25, 0.3) is 0 Å². The van der Waals surface area contributed by atoms with Crippen LogP contribution in [-0.4, -0.2) is 44.7 Å². The van der Waals surface area contributed by atoms with E-state index in [1.165, 1.54) is 24.1 Å². The SMILES string of the molecule is CC.COC1=CC(C)=CC(OCC(C)C2=CC3CC(C4CC4)=NC3C(OC)=C2)C1N. The second-order valence-electron chi connectivity index (χ2n) is 8.51. The minimum atomic E-state index is -0.264. The topological polar surface area (TPSA) is 66.1 Å². The number of nitrogens with two attached hydrogens (primary N) is 1. The van der Waals surface area contributed by atoms with Gasteiger partial charge in [-0.25, -0.2) is 0 Å². The zero-order chi connectivity index (χ0) is 21.8. The zero-order valence-corrected chi connectivity index (χ0v) is 19.4. The van der Waals surface area contributed by atoms with E-state index in [9.17, 15) is 0 Å². The van der Waals surface area contributed by atoms with Gasteiger partial charge in [0.1, 0.15) is 17.6 Å². The molecular weight excluding hydrogens is 376 g/mol. The summed E-state index contributed by atoms with van der Waals surface area (Å²) in [5, 5.41) is 0. The smallest absolute Gasteiger partial charge is 0.121 e. The lowest BCUT2D eigenvalue weighted by Crippen LogP contribution is -2.40. The molecule has 0 aromatic rings. The lowest BCUT2D eigenvalue weighted by atomic mass is 9.85. The molecule has 0 amide bonds. The molecule has 5 atom stereocenters. The molecule has 0 aromatic heterocycles. The maximum atomic E-state index is 6.30. The predicted molar refractivity (Wildman–Crippen MR) is 122 cm³/mol. The number of hydrogen-bond donors (Lipinski definition) is 1. The lowest BCUT2D eigenvalue weighted by Gasteiger charge is -2.29. The van der Waals surface area contributed by atoms with Crippen molar-refractivity contribution in [3.05, 3.63) is 47.0 Å². The van der Waals surface area contributed by atoms with Crippen LogP contribution in [0.15, 0.2) is 52.0 Å².